The summed E-state index contributed by atoms with van der Waals surface area (Å²) < 4.78 is 23.5. The first-order chi connectivity index (χ1) is 27.3. The highest BCUT2D eigenvalue weighted by Crippen LogP contribution is 2.41. The largest absolute Gasteiger partial charge is 0.492 e. The molecule has 0 heterocycles. The van der Waals surface area contributed by atoms with Gasteiger partial charge in [-0.05, 0) is 136 Å². The van der Waals surface area contributed by atoms with Crippen LogP contribution in [0, 0.1) is 11.3 Å². The zero-order valence-corrected chi connectivity index (χ0v) is 35.3. The van der Waals surface area contributed by atoms with E-state index in [-0.39, 0.29) is 56.4 Å². The Balaban J connectivity index is 2.06. The van der Waals surface area contributed by atoms with E-state index < -0.39 is 23.3 Å². The van der Waals surface area contributed by atoms with E-state index in [0.717, 1.165) is 34.6 Å². The number of rotatable bonds is 25. The van der Waals surface area contributed by atoms with Crippen molar-refractivity contribution in [3.05, 3.63) is 89.0 Å². The molecule has 2 aromatic rings. The first-order valence-corrected chi connectivity index (χ1v) is 20.9. The molecule has 0 saturated heterocycles. The van der Waals surface area contributed by atoms with E-state index in [4.69, 9.17) is 18.9 Å². The lowest BCUT2D eigenvalue weighted by molar-refractivity contribution is -0.159. The fourth-order valence-corrected chi connectivity index (χ4v) is 7.42. The fraction of sp³-hybridized carbons (Fsp3) is 0.562. The Morgan fingerprint density at radius 2 is 1.19 bits per heavy atom. The summed E-state index contributed by atoms with van der Waals surface area (Å²) in [6, 6.07) is 11.1. The van der Waals surface area contributed by atoms with Crippen LogP contribution in [-0.4, -0.2) is 67.8 Å². The Kier molecular flexibility index (Phi) is 19.8. The van der Waals surface area contributed by atoms with Crippen LogP contribution in [0.4, 0.5) is 0 Å². The number of carbonyl (C=O) groups excluding carboxylic acids is 3. The average Bonchev–Trinajstić information content (AvgIpc) is 3.21. The van der Waals surface area contributed by atoms with Crippen LogP contribution in [0.3, 0.4) is 0 Å². The highest BCUT2D eigenvalue weighted by Gasteiger charge is 2.38. The van der Waals surface area contributed by atoms with Crippen LogP contribution < -0.4 is 4.74 Å². The van der Waals surface area contributed by atoms with Crippen LogP contribution in [0.1, 0.15) is 127 Å². The Hall–Kier alpha value is -4.21. The number of aryl methyl sites for hydroxylation is 3. The lowest BCUT2D eigenvalue weighted by Gasteiger charge is -2.33. The van der Waals surface area contributed by atoms with E-state index in [1.807, 2.05) is 0 Å². The summed E-state index contributed by atoms with van der Waals surface area (Å²) in [5, 5.41) is 19.9. The maximum Gasteiger partial charge on any atom is 0.333 e. The van der Waals surface area contributed by atoms with E-state index in [2.05, 4.69) is 63.9 Å². The molecule has 57 heavy (non-hydrogen) atoms. The lowest BCUT2D eigenvalue weighted by Crippen LogP contribution is -2.44. The molecule has 9 heteroatoms. The Morgan fingerprint density at radius 3 is 1.63 bits per heavy atom. The molecule has 0 unspecified atom stereocenters. The Morgan fingerprint density at radius 1 is 0.684 bits per heavy atom. The molecule has 0 bridgehead atoms. The van der Waals surface area contributed by atoms with Gasteiger partial charge in [0.2, 0.25) is 0 Å². The molecule has 2 aromatic carbocycles. The summed E-state index contributed by atoms with van der Waals surface area (Å²) in [4.78, 5) is 37.9. The van der Waals surface area contributed by atoms with Crippen molar-refractivity contribution < 1.29 is 43.5 Å². The number of aliphatic hydroxyl groups excluding tert-OH is 2. The van der Waals surface area contributed by atoms with Crippen molar-refractivity contribution in [3.8, 4) is 16.9 Å². The highest BCUT2D eigenvalue weighted by atomic mass is 16.6. The van der Waals surface area contributed by atoms with Crippen molar-refractivity contribution in [2.75, 3.05) is 39.6 Å². The maximum atomic E-state index is 12.6. The summed E-state index contributed by atoms with van der Waals surface area (Å²) in [6.45, 7) is 18.8. The summed E-state index contributed by atoms with van der Waals surface area (Å²) in [5.41, 5.74) is 5.70. The SMILES string of the molecule is C=C(C)C(=O)OCC(COC(=O)C(=C)C)(COC(=O)C(=C)C)COc1c(CCCO)cc(-c2ccc(C3CCC(CCCCC)CC3)cc2CC)cc1CCCO. The van der Waals surface area contributed by atoms with E-state index in [1.54, 1.807) is 0 Å². The molecule has 0 amide bonds. The van der Waals surface area contributed by atoms with Gasteiger partial charge in [-0.1, -0.05) is 77.5 Å². The Bertz CT molecular complexity index is 1580. The average molecular weight is 789 g/mol. The molecule has 1 saturated carbocycles. The van der Waals surface area contributed by atoms with Gasteiger partial charge in [-0.3, -0.25) is 0 Å². The number of hydrogen-bond donors (Lipinski definition) is 2. The molecule has 0 aromatic heterocycles. The molecule has 314 valence electrons. The van der Waals surface area contributed by atoms with Gasteiger partial charge in [0.05, 0.1) is 0 Å². The molecule has 9 nitrogen and oxygen atoms in total. The molecule has 0 radical (unpaired) electrons. The van der Waals surface area contributed by atoms with Crippen LogP contribution in [0.2, 0.25) is 0 Å². The third kappa shape index (κ3) is 14.6. The van der Waals surface area contributed by atoms with Gasteiger partial charge in [0, 0.05) is 29.9 Å². The molecular formula is C48H68O9. The summed E-state index contributed by atoms with van der Waals surface area (Å²) >= 11 is 0. The molecule has 0 spiro atoms. The van der Waals surface area contributed by atoms with Crippen molar-refractivity contribution in [2.45, 2.75) is 124 Å². The minimum atomic E-state index is -1.34. The lowest BCUT2D eigenvalue weighted by atomic mass is 9.76. The standard InChI is InChI=1S/C48H68O9/c1-9-11-12-15-36-18-20-38(21-19-36)39-22-23-43(37(10-2)26-39)42-27-40(16-13-24-49)44(41(28-42)17-14-25-50)54-29-48(30-55-45(51)33(3)4,31-56-46(52)34(5)6)32-57-47(53)35(7)8/h22-23,26-28,36,38,49-50H,3,5,7,9-21,24-25,29-32H2,1-2,4,6,8H3. The third-order valence-corrected chi connectivity index (χ3v) is 10.9. The first kappa shape index (κ1) is 47.2. The normalized spacial score (nSPS) is 15.4. The minimum absolute atomic E-state index is 0.0279. The zero-order valence-electron chi connectivity index (χ0n) is 35.3. The van der Waals surface area contributed by atoms with E-state index >= 15 is 0 Å². The number of esters is 3. The van der Waals surface area contributed by atoms with Gasteiger partial charge in [0.1, 0.15) is 37.6 Å². The van der Waals surface area contributed by atoms with Crippen molar-refractivity contribution in [3.63, 3.8) is 0 Å². The van der Waals surface area contributed by atoms with Gasteiger partial charge in [-0.25, -0.2) is 14.4 Å². The van der Waals surface area contributed by atoms with Crippen LogP contribution >= 0.6 is 0 Å². The zero-order chi connectivity index (χ0) is 42.0. The molecule has 1 aliphatic carbocycles. The summed E-state index contributed by atoms with van der Waals surface area (Å²) in [7, 11) is 0. The number of aliphatic hydroxyl groups is 2. The monoisotopic (exact) mass is 788 g/mol. The van der Waals surface area contributed by atoms with Gasteiger partial charge in [0.15, 0.2) is 0 Å². The van der Waals surface area contributed by atoms with E-state index in [1.165, 1.54) is 83.3 Å². The van der Waals surface area contributed by atoms with Crippen LogP contribution in [0.5, 0.6) is 5.75 Å². The number of benzene rings is 2. The Labute approximate surface area is 341 Å². The van der Waals surface area contributed by atoms with Crippen molar-refractivity contribution in [1.82, 2.24) is 0 Å². The van der Waals surface area contributed by atoms with Crippen LogP contribution in [0.15, 0.2) is 66.8 Å². The molecule has 0 atom stereocenters. The van der Waals surface area contributed by atoms with Crippen molar-refractivity contribution in [1.29, 1.82) is 0 Å². The molecule has 2 N–H and O–H groups in total. The topological polar surface area (TPSA) is 129 Å². The quantitative estimate of drug-likeness (QED) is 0.0438. The number of hydrogen-bond acceptors (Lipinski definition) is 9. The minimum Gasteiger partial charge on any atom is -0.492 e. The van der Waals surface area contributed by atoms with Gasteiger partial charge < -0.3 is 29.2 Å². The van der Waals surface area contributed by atoms with Gasteiger partial charge in [-0.2, -0.15) is 0 Å². The molecule has 0 aliphatic heterocycles. The van der Waals surface area contributed by atoms with Crippen LogP contribution in [0.25, 0.3) is 11.1 Å². The molecular weight excluding hydrogens is 721 g/mol. The van der Waals surface area contributed by atoms with Gasteiger partial charge in [0.25, 0.3) is 0 Å². The first-order valence-electron chi connectivity index (χ1n) is 20.9. The second-order valence-corrected chi connectivity index (χ2v) is 16.1. The van der Waals surface area contributed by atoms with Crippen LogP contribution in [-0.2, 0) is 47.9 Å². The van der Waals surface area contributed by atoms with Crippen molar-refractivity contribution >= 4 is 17.9 Å². The third-order valence-electron chi connectivity index (χ3n) is 10.9. The summed E-state index contributed by atoms with van der Waals surface area (Å²) in [5.74, 6) is -0.0210. The second kappa shape index (κ2) is 23.9. The molecule has 1 aliphatic rings. The predicted molar refractivity (Wildman–Crippen MR) is 226 cm³/mol. The van der Waals surface area contributed by atoms with Gasteiger partial charge >= 0.3 is 17.9 Å². The fourth-order valence-electron chi connectivity index (χ4n) is 7.42. The van der Waals surface area contributed by atoms with E-state index in [0.29, 0.717) is 37.4 Å². The van der Waals surface area contributed by atoms with E-state index in [9.17, 15) is 24.6 Å². The second-order valence-electron chi connectivity index (χ2n) is 16.1. The van der Waals surface area contributed by atoms with Crippen molar-refractivity contribution in [2.24, 2.45) is 11.3 Å². The summed E-state index contributed by atoms with van der Waals surface area (Å²) in [6.07, 6.45) is 13.2. The predicted octanol–water partition coefficient (Wildman–Crippen LogP) is 9.34. The molecule has 3 rings (SSSR count). The maximum absolute atomic E-state index is 12.6. The highest BCUT2D eigenvalue weighted by molar-refractivity contribution is 5.88. The number of carbonyl (C=O) groups is 3. The van der Waals surface area contributed by atoms with Gasteiger partial charge in [-0.15, -0.1) is 0 Å². The number of ether oxygens (including phenoxy) is 4. The smallest absolute Gasteiger partial charge is 0.333 e. The molecule has 1 fully saturated rings. The number of unbranched alkanes of at least 4 members (excludes halogenated alkanes) is 2.